The molecule has 0 amide bonds. The van der Waals surface area contributed by atoms with Crippen LogP contribution in [0.1, 0.15) is 36.5 Å². The molecule has 0 aliphatic carbocycles. The van der Waals surface area contributed by atoms with E-state index >= 15 is 0 Å². The summed E-state index contributed by atoms with van der Waals surface area (Å²) in [6.07, 6.45) is 6.56. The standard InChI is InChI=1S/C13H19N5/c1-4-7-18-11(5-6-17-18)12(14-3)13-15-8-10(2)9-16-13/h5-6,8-9,12,14H,4,7H2,1-3H3. The number of nitrogens with one attached hydrogen (secondary N) is 1. The van der Waals surface area contributed by atoms with Gasteiger partial charge in [-0.3, -0.25) is 4.68 Å². The number of aryl methyl sites for hydroxylation is 2. The van der Waals surface area contributed by atoms with E-state index in [2.05, 4.69) is 27.3 Å². The average Bonchev–Trinajstić information content (AvgIpc) is 2.82. The van der Waals surface area contributed by atoms with Gasteiger partial charge in [-0.25, -0.2) is 9.97 Å². The largest absolute Gasteiger partial charge is 0.305 e. The number of hydrogen-bond donors (Lipinski definition) is 1. The van der Waals surface area contributed by atoms with Crippen molar-refractivity contribution in [1.82, 2.24) is 25.1 Å². The minimum Gasteiger partial charge on any atom is -0.305 e. The summed E-state index contributed by atoms with van der Waals surface area (Å²) in [5, 5.41) is 7.59. The first-order valence-corrected chi connectivity index (χ1v) is 6.23. The lowest BCUT2D eigenvalue weighted by Gasteiger charge is -2.16. The Labute approximate surface area is 107 Å². The van der Waals surface area contributed by atoms with Crippen LogP contribution in [0.25, 0.3) is 0 Å². The third kappa shape index (κ3) is 2.56. The van der Waals surface area contributed by atoms with Crippen molar-refractivity contribution in [2.24, 2.45) is 0 Å². The molecule has 0 fully saturated rings. The van der Waals surface area contributed by atoms with E-state index in [0.29, 0.717) is 0 Å². The third-order valence-corrected chi connectivity index (χ3v) is 2.83. The number of hydrogen-bond acceptors (Lipinski definition) is 4. The van der Waals surface area contributed by atoms with Gasteiger partial charge in [0.25, 0.3) is 0 Å². The molecule has 0 aliphatic rings. The van der Waals surface area contributed by atoms with E-state index in [1.165, 1.54) is 0 Å². The summed E-state index contributed by atoms with van der Waals surface area (Å²) in [7, 11) is 1.91. The van der Waals surface area contributed by atoms with E-state index in [1.54, 1.807) is 0 Å². The van der Waals surface area contributed by atoms with E-state index < -0.39 is 0 Å². The Morgan fingerprint density at radius 3 is 2.67 bits per heavy atom. The van der Waals surface area contributed by atoms with E-state index in [-0.39, 0.29) is 6.04 Å². The molecular formula is C13H19N5. The zero-order valence-corrected chi connectivity index (χ0v) is 11.1. The highest BCUT2D eigenvalue weighted by Crippen LogP contribution is 2.18. The van der Waals surface area contributed by atoms with Crippen molar-refractivity contribution in [3.63, 3.8) is 0 Å². The van der Waals surface area contributed by atoms with Gasteiger partial charge in [0.05, 0.1) is 5.69 Å². The van der Waals surface area contributed by atoms with Crippen LogP contribution in [-0.2, 0) is 6.54 Å². The van der Waals surface area contributed by atoms with E-state index in [9.17, 15) is 0 Å². The molecule has 18 heavy (non-hydrogen) atoms. The first-order valence-electron chi connectivity index (χ1n) is 6.23. The molecule has 0 bridgehead atoms. The van der Waals surface area contributed by atoms with Gasteiger partial charge in [0.2, 0.25) is 0 Å². The number of aromatic nitrogens is 4. The van der Waals surface area contributed by atoms with Crippen molar-refractivity contribution >= 4 is 0 Å². The minimum atomic E-state index is -0.0142. The van der Waals surface area contributed by atoms with Crippen LogP contribution in [0.5, 0.6) is 0 Å². The Bertz CT molecular complexity index is 488. The first-order chi connectivity index (χ1) is 8.76. The van der Waals surface area contributed by atoms with Crippen LogP contribution in [0, 0.1) is 6.92 Å². The summed E-state index contributed by atoms with van der Waals surface area (Å²) in [6.45, 7) is 5.04. The highest BCUT2D eigenvalue weighted by molar-refractivity contribution is 5.17. The predicted octanol–water partition coefficient (Wildman–Crippen LogP) is 1.70. The summed E-state index contributed by atoms with van der Waals surface area (Å²) in [5.41, 5.74) is 2.17. The topological polar surface area (TPSA) is 55.6 Å². The summed E-state index contributed by atoms with van der Waals surface area (Å²) in [6, 6.07) is 2.00. The zero-order chi connectivity index (χ0) is 13.0. The maximum absolute atomic E-state index is 4.39. The van der Waals surface area contributed by atoms with Crippen molar-refractivity contribution in [2.45, 2.75) is 32.9 Å². The smallest absolute Gasteiger partial charge is 0.151 e. The molecule has 1 N–H and O–H groups in total. The Hall–Kier alpha value is -1.75. The van der Waals surface area contributed by atoms with E-state index in [4.69, 9.17) is 0 Å². The molecule has 1 unspecified atom stereocenters. The SMILES string of the molecule is CCCn1nccc1C(NC)c1ncc(C)cn1. The summed E-state index contributed by atoms with van der Waals surface area (Å²) in [4.78, 5) is 8.78. The van der Waals surface area contributed by atoms with Gasteiger partial charge in [-0.15, -0.1) is 0 Å². The van der Waals surface area contributed by atoms with Crippen molar-refractivity contribution in [3.05, 3.63) is 41.7 Å². The molecule has 0 saturated carbocycles. The molecule has 0 aromatic carbocycles. The lowest BCUT2D eigenvalue weighted by Crippen LogP contribution is -2.23. The van der Waals surface area contributed by atoms with Crippen LogP contribution in [0.4, 0.5) is 0 Å². The number of nitrogens with zero attached hydrogens (tertiary/aromatic N) is 4. The summed E-state index contributed by atoms with van der Waals surface area (Å²) in [5.74, 6) is 0.779. The Balaban J connectivity index is 2.32. The highest BCUT2D eigenvalue weighted by Gasteiger charge is 2.18. The summed E-state index contributed by atoms with van der Waals surface area (Å²) >= 11 is 0. The van der Waals surface area contributed by atoms with Crippen LogP contribution < -0.4 is 5.32 Å². The number of rotatable bonds is 5. The molecule has 2 rings (SSSR count). The maximum atomic E-state index is 4.39. The molecule has 2 aromatic rings. The molecule has 2 aromatic heterocycles. The van der Waals surface area contributed by atoms with Gasteiger partial charge in [0.15, 0.2) is 5.82 Å². The Morgan fingerprint density at radius 1 is 1.33 bits per heavy atom. The fourth-order valence-corrected chi connectivity index (χ4v) is 1.95. The molecule has 5 nitrogen and oxygen atoms in total. The van der Waals surface area contributed by atoms with Crippen molar-refractivity contribution < 1.29 is 0 Å². The van der Waals surface area contributed by atoms with Crippen LogP contribution in [0.2, 0.25) is 0 Å². The van der Waals surface area contributed by atoms with Gasteiger partial charge in [-0.1, -0.05) is 6.92 Å². The van der Waals surface area contributed by atoms with Crippen molar-refractivity contribution in [1.29, 1.82) is 0 Å². The van der Waals surface area contributed by atoms with Gasteiger partial charge in [0, 0.05) is 25.1 Å². The second-order valence-corrected chi connectivity index (χ2v) is 4.32. The molecular weight excluding hydrogens is 226 g/mol. The normalized spacial score (nSPS) is 12.6. The Morgan fingerprint density at radius 2 is 2.06 bits per heavy atom. The van der Waals surface area contributed by atoms with Crippen LogP contribution in [-0.4, -0.2) is 26.8 Å². The van der Waals surface area contributed by atoms with Crippen LogP contribution in [0.3, 0.4) is 0 Å². The Kier molecular flexibility index (Phi) is 4.04. The molecule has 0 spiro atoms. The average molecular weight is 245 g/mol. The third-order valence-electron chi connectivity index (χ3n) is 2.83. The molecule has 5 heteroatoms. The van der Waals surface area contributed by atoms with Gasteiger partial charge in [-0.2, -0.15) is 5.10 Å². The molecule has 0 radical (unpaired) electrons. The second-order valence-electron chi connectivity index (χ2n) is 4.32. The fourth-order valence-electron chi connectivity index (χ4n) is 1.95. The molecule has 0 saturated heterocycles. The first kappa shape index (κ1) is 12.7. The lowest BCUT2D eigenvalue weighted by molar-refractivity contribution is 0.522. The van der Waals surface area contributed by atoms with E-state index in [0.717, 1.165) is 30.0 Å². The lowest BCUT2D eigenvalue weighted by atomic mass is 10.2. The van der Waals surface area contributed by atoms with E-state index in [1.807, 2.05) is 43.3 Å². The van der Waals surface area contributed by atoms with Gasteiger partial charge >= 0.3 is 0 Å². The molecule has 96 valence electrons. The van der Waals surface area contributed by atoms with Gasteiger partial charge in [-0.05, 0) is 32.0 Å². The van der Waals surface area contributed by atoms with Gasteiger partial charge < -0.3 is 5.32 Å². The summed E-state index contributed by atoms with van der Waals surface area (Å²) < 4.78 is 2.00. The quantitative estimate of drug-likeness (QED) is 0.871. The van der Waals surface area contributed by atoms with Gasteiger partial charge in [0.1, 0.15) is 6.04 Å². The monoisotopic (exact) mass is 245 g/mol. The zero-order valence-electron chi connectivity index (χ0n) is 11.1. The predicted molar refractivity (Wildman–Crippen MR) is 70.2 cm³/mol. The highest BCUT2D eigenvalue weighted by atomic mass is 15.3. The molecule has 0 aliphatic heterocycles. The fraction of sp³-hybridized carbons (Fsp3) is 0.462. The van der Waals surface area contributed by atoms with Crippen LogP contribution in [0.15, 0.2) is 24.7 Å². The van der Waals surface area contributed by atoms with Crippen LogP contribution >= 0.6 is 0 Å². The molecule has 2 heterocycles. The maximum Gasteiger partial charge on any atom is 0.151 e. The molecule has 1 atom stereocenters. The van der Waals surface area contributed by atoms with Crippen molar-refractivity contribution in [3.8, 4) is 0 Å². The van der Waals surface area contributed by atoms with Crippen molar-refractivity contribution in [2.75, 3.05) is 7.05 Å². The second kappa shape index (κ2) is 5.73. The minimum absolute atomic E-state index is 0.0142.